The van der Waals surface area contributed by atoms with Crippen molar-refractivity contribution in [2.75, 3.05) is 13.1 Å². The molecule has 2 aromatic heterocycles. The van der Waals surface area contributed by atoms with Crippen LogP contribution in [-0.4, -0.2) is 55.6 Å². The van der Waals surface area contributed by atoms with E-state index in [4.69, 9.17) is 17.3 Å². The van der Waals surface area contributed by atoms with Gasteiger partial charge in [0.05, 0.1) is 41.2 Å². The van der Waals surface area contributed by atoms with Gasteiger partial charge in [0.1, 0.15) is 0 Å². The van der Waals surface area contributed by atoms with Gasteiger partial charge >= 0.3 is 6.03 Å². The van der Waals surface area contributed by atoms with Crippen LogP contribution in [0.5, 0.6) is 0 Å². The van der Waals surface area contributed by atoms with E-state index < -0.39 is 11.6 Å². The maximum absolute atomic E-state index is 11.9. The molecule has 3 aromatic rings. The number of primary amides is 1. The van der Waals surface area contributed by atoms with Crippen LogP contribution in [0.2, 0.25) is 0 Å². The summed E-state index contributed by atoms with van der Waals surface area (Å²) < 4.78 is 1.88. The van der Waals surface area contributed by atoms with Crippen molar-refractivity contribution in [1.29, 1.82) is 0 Å². The Balaban J connectivity index is 2.11. The van der Waals surface area contributed by atoms with Crippen molar-refractivity contribution in [1.82, 2.24) is 19.5 Å². The highest BCUT2D eigenvalue weighted by molar-refractivity contribution is 6.00. The number of amides is 2. The Morgan fingerprint density at radius 1 is 1.39 bits per heavy atom. The second-order valence-corrected chi connectivity index (χ2v) is 8.68. The molecule has 0 aliphatic rings. The fraction of sp³-hybridized carbons (Fsp3) is 0.375. The van der Waals surface area contributed by atoms with Crippen molar-refractivity contribution >= 4 is 23.1 Å². The van der Waals surface area contributed by atoms with Crippen molar-refractivity contribution in [3.63, 3.8) is 0 Å². The molecule has 2 amide bonds. The van der Waals surface area contributed by atoms with Gasteiger partial charge in [-0.3, -0.25) is 0 Å². The molecule has 0 saturated heterocycles. The predicted octanol–water partition coefficient (Wildman–Crippen LogP) is 3.28. The van der Waals surface area contributed by atoms with Crippen LogP contribution in [0.3, 0.4) is 0 Å². The number of nitrogens with two attached hydrogens (primary N) is 1. The molecule has 3 rings (SSSR count). The summed E-state index contributed by atoms with van der Waals surface area (Å²) >= 11 is 0. The largest absolute Gasteiger partial charge is 0.390 e. The van der Waals surface area contributed by atoms with Gasteiger partial charge in [-0.2, -0.15) is 5.10 Å². The Morgan fingerprint density at radius 3 is 2.76 bits per heavy atom. The summed E-state index contributed by atoms with van der Waals surface area (Å²) in [4.78, 5) is 24.4. The highest BCUT2D eigenvalue weighted by Gasteiger charge is 2.17. The van der Waals surface area contributed by atoms with Gasteiger partial charge in [-0.15, -0.1) is 0 Å². The molecule has 9 heteroatoms. The molecule has 0 saturated carbocycles. The lowest BCUT2D eigenvalue weighted by Gasteiger charge is -2.21. The zero-order valence-corrected chi connectivity index (χ0v) is 19.4. The minimum atomic E-state index is -0.950. The van der Waals surface area contributed by atoms with E-state index in [-0.39, 0.29) is 6.54 Å². The van der Waals surface area contributed by atoms with Crippen molar-refractivity contribution < 1.29 is 9.90 Å². The topological polar surface area (TPSA) is 114 Å². The number of pyridine rings is 1. The molecule has 0 atom stereocenters. The lowest BCUT2D eigenvalue weighted by Crippen LogP contribution is -2.35. The number of rotatable bonds is 8. The van der Waals surface area contributed by atoms with Crippen LogP contribution >= 0.6 is 0 Å². The molecule has 0 fully saturated rings. The Kier molecular flexibility index (Phi) is 7.09. The number of aryl methyl sites for hydroxylation is 2. The molecule has 0 aliphatic carbocycles. The number of aliphatic hydroxyl groups is 1. The number of benzene rings is 1. The van der Waals surface area contributed by atoms with Crippen molar-refractivity contribution in [2.45, 2.75) is 39.2 Å². The van der Waals surface area contributed by atoms with Crippen molar-refractivity contribution in [3.8, 4) is 11.4 Å². The van der Waals surface area contributed by atoms with Crippen molar-refractivity contribution in [2.24, 2.45) is 17.9 Å². The number of hydrogen-bond donors (Lipinski definition) is 2. The van der Waals surface area contributed by atoms with Crippen LogP contribution in [0, 0.1) is 13.5 Å². The van der Waals surface area contributed by atoms with E-state index in [1.54, 1.807) is 32.6 Å². The first-order chi connectivity index (χ1) is 15.6. The minimum absolute atomic E-state index is 0.183. The van der Waals surface area contributed by atoms with Gasteiger partial charge in [0, 0.05) is 31.0 Å². The fourth-order valence-corrected chi connectivity index (χ4v) is 3.47. The first kappa shape index (κ1) is 23.9. The Labute approximate surface area is 193 Å². The summed E-state index contributed by atoms with van der Waals surface area (Å²) in [5.41, 5.74) is 9.79. The molecule has 0 unspecified atom stereocenters. The van der Waals surface area contributed by atoms with Crippen LogP contribution in [0.4, 0.5) is 4.79 Å². The lowest BCUT2D eigenvalue weighted by molar-refractivity contribution is 0.0624. The molecular weight excluding hydrogens is 418 g/mol. The molecule has 0 spiro atoms. The SMILES string of the molecule is [C-]#[N+]CCc1cc2c(/C=N/N(CCC(C)(C)O)C(N)=O)cc(-c3cncn3C)nc2cc1C. The third kappa shape index (κ3) is 5.93. The third-order valence-corrected chi connectivity index (χ3v) is 5.40. The number of hydrogen-bond acceptors (Lipinski definition) is 5. The van der Waals surface area contributed by atoms with Gasteiger partial charge in [0.15, 0.2) is 0 Å². The van der Waals surface area contributed by atoms with Gasteiger partial charge in [0.2, 0.25) is 6.54 Å². The van der Waals surface area contributed by atoms with E-state index in [1.165, 1.54) is 0 Å². The average molecular weight is 448 g/mol. The summed E-state index contributed by atoms with van der Waals surface area (Å²) in [6.07, 6.45) is 6.01. The molecule has 172 valence electrons. The Morgan fingerprint density at radius 2 is 2.15 bits per heavy atom. The first-order valence-corrected chi connectivity index (χ1v) is 10.7. The molecule has 0 bridgehead atoms. The maximum atomic E-state index is 11.9. The summed E-state index contributed by atoms with van der Waals surface area (Å²) in [5, 5.41) is 16.3. The van der Waals surface area contributed by atoms with Gasteiger partial charge in [-0.05, 0) is 56.5 Å². The molecular formula is C24H29N7O2. The molecule has 3 N–H and O–H groups in total. The van der Waals surface area contributed by atoms with E-state index in [0.717, 1.165) is 44.0 Å². The average Bonchev–Trinajstić information content (AvgIpc) is 3.16. The smallest absolute Gasteiger partial charge is 0.335 e. The van der Waals surface area contributed by atoms with E-state index in [1.807, 2.05) is 36.7 Å². The molecule has 9 nitrogen and oxygen atoms in total. The van der Waals surface area contributed by atoms with Gasteiger partial charge in [0.25, 0.3) is 0 Å². The predicted molar refractivity (Wildman–Crippen MR) is 129 cm³/mol. The summed E-state index contributed by atoms with van der Waals surface area (Å²) in [6, 6.07) is 5.23. The van der Waals surface area contributed by atoms with Crippen LogP contribution < -0.4 is 5.73 Å². The normalized spacial score (nSPS) is 11.8. The molecule has 2 heterocycles. The van der Waals surface area contributed by atoms with E-state index in [2.05, 4.69) is 14.9 Å². The van der Waals surface area contributed by atoms with Crippen LogP contribution in [0.25, 0.3) is 27.1 Å². The molecule has 1 aromatic carbocycles. The number of imidazole rings is 1. The summed E-state index contributed by atoms with van der Waals surface area (Å²) in [5.74, 6) is 0. The second-order valence-electron chi connectivity index (χ2n) is 8.68. The van der Waals surface area contributed by atoms with Gasteiger partial charge in [-0.1, -0.05) is 0 Å². The second kappa shape index (κ2) is 9.79. The zero-order chi connectivity index (χ0) is 24.2. The Bertz CT molecular complexity index is 1230. The number of aromatic nitrogens is 3. The van der Waals surface area contributed by atoms with Crippen LogP contribution in [0.1, 0.15) is 37.0 Å². The lowest BCUT2D eigenvalue weighted by atomic mass is 9.99. The summed E-state index contributed by atoms with van der Waals surface area (Å²) in [7, 11) is 1.89. The quantitative estimate of drug-likeness (QED) is 0.313. The first-order valence-electron chi connectivity index (χ1n) is 10.7. The van der Waals surface area contributed by atoms with E-state index in [9.17, 15) is 9.90 Å². The number of nitrogens with zero attached hydrogens (tertiary/aromatic N) is 6. The standard InChI is InChI=1S/C24H29N7O2/c1-16-10-20-19(11-17(16)6-8-26-4)18(12-21(29-20)22-14-27-15-30(22)5)13-28-31(23(25)32)9-7-24(2,3)33/h10-15,33H,6-9H2,1-3,5H3,(H2,25,32)/b28-13+. The monoisotopic (exact) mass is 447 g/mol. The molecule has 0 radical (unpaired) electrons. The summed E-state index contributed by atoms with van der Waals surface area (Å²) in [6.45, 7) is 13.0. The van der Waals surface area contributed by atoms with Crippen molar-refractivity contribution in [3.05, 3.63) is 58.8 Å². The number of hydrazone groups is 1. The number of carbonyl (C=O) groups is 1. The van der Waals surface area contributed by atoms with E-state index >= 15 is 0 Å². The Hall–Kier alpha value is -3.77. The third-order valence-electron chi connectivity index (χ3n) is 5.40. The van der Waals surface area contributed by atoms with Crippen LogP contribution in [-0.2, 0) is 13.5 Å². The molecule has 33 heavy (non-hydrogen) atoms. The highest BCUT2D eigenvalue weighted by Crippen LogP contribution is 2.27. The fourth-order valence-electron chi connectivity index (χ4n) is 3.47. The van der Waals surface area contributed by atoms with Gasteiger partial charge in [-0.25, -0.2) is 26.3 Å². The number of carbonyl (C=O) groups excluding carboxylic acids is 1. The minimum Gasteiger partial charge on any atom is -0.390 e. The molecule has 0 aliphatic heterocycles. The number of fused-ring (bicyclic) bond motifs is 1. The van der Waals surface area contributed by atoms with Gasteiger partial charge < -0.3 is 20.3 Å². The van der Waals surface area contributed by atoms with E-state index in [0.29, 0.717) is 19.4 Å². The maximum Gasteiger partial charge on any atom is 0.335 e. The van der Waals surface area contributed by atoms with Crippen LogP contribution in [0.15, 0.2) is 35.8 Å². The zero-order valence-electron chi connectivity index (χ0n) is 19.4. The number of urea groups is 1. The highest BCUT2D eigenvalue weighted by atomic mass is 16.3.